The molecular weight excluding hydrogens is 362 g/mol. The number of carbonyl (C=O) groups excluding carboxylic acids is 1. The van der Waals surface area contributed by atoms with E-state index in [4.69, 9.17) is 15.2 Å². The number of nitrogen functional groups attached to an aromatic ring is 1. The van der Waals surface area contributed by atoms with Crippen molar-refractivity contribution < 1.29 is 14.3 Å². The number of benzene rings is 2. The van der Waals surface area contributed by atoms with Crippen LogP contribution in [0.2, 0.25) is 0 Å². The monoisotopic (exact) mass is 381 g/mol. The summed E-state index contributed by atoms with van der Waals surface area (Å²) in [4.78, 5) is 17.2. The van der Waals surface area contributed by atoms with Crippen LogP contribution in [-0.2, 0) is 11.4 Å². The lowest BCUT2D eigenvalue weighted by atomic mass is 9.91. The van der Waals surface area contributed by atoms with Gasteiger partial charge < -0.3 is 20.5 Å². The molecule has 7 heteroatoms. The van der Waals surface area contributed by atoms with E-state index in [1.54, 1.807) is 7.11 Å². The molecule has 0 radical (unpaired) electrons. The minimum atomic E-state index is -0.0966. The van der Waals surface area contributed by atoms with Crippen molar-refractivity contribution in [3.8, 4) is 11.5 Å². The van der Waals surface area contributed by atoms with Gasteiger partial charge in [0.2, 0.25) is 5.91 Å². The molecular formula is C20H19N3O3S. The van der Waals surface area contributed by atoms with E-state index < -0.39 is 0 Å². The molecule has 4 rings (SSSR count). The summed E-state index contributed by atoms with van der Waals surface area (Å²) < 4.78 is 11.4. The zero-order valence-corrected chi connectivity index (χ0v) is 15.6. The van der Waals surface area contributed by atoms with Crippen molar-refractivity contribution in [2.75, 3.05) is 18.2 Å². The Morgan fingerprint density at radius 1 is 1.22 bits per heavy atom. The highest BCUT2D eigenvalue weighted by molar-refractivity contribution is 7.16. The molecule has 0 aliphatic carbocycles. The van der Waals surface area contributed by atoms with Crippen LogP contribution in [0.15, 0.2) is 48.5 Å². The molecule has 3 N–H and O–H groups in total. The number of anilines is 2. The van der Waals surface area contributed by atoms with Gasteiger partial charge in [0, 0.05) is 12.3 Å². The molecule has 6 nitrogen and oxygen atoms in total. The minimum Gasteiger partial charge on any atom is -0.493 e. The van der Waals surface area contributed by atoms with Gasteiger partial charge in [-0.25, -0.2) is 4.98 Å². The number of hydrogen-bond acceptors (Lipinski definition) is 6. The van der Waals surface area contributed by atoms with Crippen LogP contribution in [0.3, 0.4) is 0 Å². The van der Waals surface area contributed by atoms with Crippen LogP contribution in [0.4, 0.5) is 10.9 Å². The largest absolute Gasteiger partial charge is 0.493 e. The number of nitrogens with one attached hydrogen (secondary N) is 1. The van der Waals surface area contributed by atoms with Gasteiger partial charge in [-0.1, -0.05) is 47.7 Å². The number of nitrogens with two attached hydrogens (primary N) is 1. The fraction of sp³-hybridized carbons (Fsp3) is 0.200. The maximum Gasteiger partial charge on any atom is 0.226 e. The van der Waals surface area contributed by atoms with Gasteiger partial charge in [-0.05, 0) is 23.3 Å². The highest BCUT2D eigenvalue weighted by Gasteiger charge is 2.30. The fourth-order valence-corrected chi connectivity index (χ4v) is 4.08. The van der Waals surface area contributed by atoms with Crippen molar-refractivity contribution in [3.63, 3.8) is 0 Å². The third-order valence-corrected chi connectivity index (χ3v) is 5.46. The standard InChI is InChI=1S/C20H19N3O3S/c1-25-16-9-13(7-8-15(16)26-11-12-5-3-2-4-6-12)14-10-17(24)22-19-18(14)27-20(21)23-19/h2-9,14H,10-11H2,1H3,(H2,21,23)(H,22,24)/t14-/m0/s1. The minimum absolute atomic E-state index is 0.0684. The lowest BCUT2D eigenvalue weighted by Crippen LogP contribution is -2.22. The van der Waals surface area contributed by atoms with Crippen molar-refractivity contribution in [2.45, 2.75) is 18.9 Å². The molecule has 3 aromatic rings. The Kier molecular flexibility index (Phi) is 4.68. The molecule has 1 aliphatic heterocycles. The second kappa shape index (κ2) is 7.28. The van der Waals surface area contributed by atoms with Gasteiger partial charge in [-0.3, -0.25) is 4.79 Å². The number of nitrogens with zero attached hydrogens (tertiary/aromatic N) is 1. The molecule has 1 aliphatic rings. The van der Waals surface area contributed by atoms with E-state index in [0.29, 0.717) is 35.5 Å². The van der Waals surface area contributed by atoms with Crippen molar-refractivity contribution in [1.82, 2.24) is 4.98 Å². The molecule has 138 valence electrons. The van der Waals surface area contributed by atoms with Crippen LogP contribution in [0.5, 0.6) is 11.5 Å². The average Bonchev–Trinajstić information content (AvgIpc) is 3.06. The normalized spacial score (nSPS) is 15.7. The van der Waals surface area contributed by atoms with Crippen molar-refractivity contribution in [3.05, 3.63) is 64.5 Å². The summed E-state index contributed by atoms with van der Waals surface area (Å²) in [5, 5.41) is 3.23. The molecule has 0 fully saturated rings. The summed E-state index contributed by atoms with van der Waals surface area (Å²) in [5.74, 6) is 1.69. The Morgan fingerprint density at radius 2 is 2.04 bits per heavy atom. The average molecular weight is 381 g/mol. The SMILES string of the molecule is COc1cc([C@@H]2CC(=O)Nc3nc(N)sc32)ccc1OCc1ccccc1. The fourth-order valence-electron chi connectivity index (χ4n) is 3.16. The summed E-state index contributed by atoms with van der Waals surface area (Å²) >= 11 is 1.40. The van der Waals surface area contributed by atoms with E-state index in [2.05, 4.69) is 10.3 Å². The topological polar surface area (TPSA) is 86.5 Å². The molecule has 1 aromatic heterocycles. The van der Waals surface area contributed by atoms with Crippen molar-refractivity contribution in [1.29, 1.82) is 0 Å². The predicted molar refractivity (Wildman–Crippen MR) is 105 cm³/mol. The van der Waals surface area contributed by atoms with Crippen LogP contribution in [-0.4, -0.2) is 18.0 Å². The number of aromatic nitrogens is 1. The maximum absolute atomic E-state index is 12.1. The Labute approximate surface area is 161 Å². The Hall–Kier alpha value is -3.06. The molecule has 0 saturated carbocycles. The van der Waals surface area contributed by atoms with Crippen molar-refractivity contribution >= 4 is 28.2 Å². The first-order chi connectivity index (χ1) is 13.1. The van der Waals surface area contributed by atoms with E-state index in [-0.39, 0.29) is 11.8 Å². The number of hydrogen-bond donors (Lipinski definition) is 2. The quantitative estimate of drug-likeness (QED) is 0.702. The van der Waals surface area contributed by atoms with Gasteiger partial charge in [-0.2, -0.15) is 0 Å². The Morgan fingerprint density at radius 3 is 2.81 bits per heavy atom. The first-order valence-corrected chi connectivity index (χ1v) is 9.36. The zero-order chi connectivity index (χ0) is 18.8. The molecule has 0 bridgehead atoms. The number of methoxy groups -OCH3 is 1. The number of thiazole rings is 1. The van der Waals surface area contributed by atoms with E-state index >= 15 is 0 Å². The van der Waals surface area contributed by atoms with Gasteiger partial charge in [0.25, 0.3) is 0 Å². The van der Waals surface area contributed by atoms with Crippen LogP contribution in [0, 0.1) is 0 Å². The summed E-state index contributed by atoms with van der Waals surface area (Å²) in [7, 11) is 1.61. The van der Waals surface area contributed by atoms with Crippen LogP contribution in [0.1, 0.15) is 28.3 Å². The molecule has 1 amide bonds. The lowest BCUT2D eigenvalue weighted by Gasteiger charge is -2.22. The molecule has 0 saturated heterocycles. The zero-order valence-electron chi connectivity index (χ0n) is 14.8. The van der Waals surface area contributed by atoms with Gasteiger partial charge >= 0.3 is 0 Å². The summed E-state index contributed by atoms with van der Waals surface area (Å²) in [5.41, 5.74) is 7.88. The van der Waals surface area contributed by atoms with E-state index in [1.807, 2.05) is 48.5 Å². The van der Waals surface area contributed by atoms with Gasteiger partial charge in [-0.15, -0.1) is 0 Å². The van der Waals surface area contributed by atoms with Crippen LogP contribution >= 0.6 is 11.3 Å². The van der Waals surface area contributed by atoms with Crippen LogP contribution in [0.25, 0.3) is 0 Å². The second-order valence-electron chi connectivity index (χ2n) is 6.25. The molecule has 2 heterocycles. The number of rotatable bonds is 5. The number of ether oxygens (including phenoxy) is 2. The first-order valence-electron chi connectivity index (χ1n) is 8.54. The molecule has 0 unspecified atom stereocenters. The Bertz CT molecular complexity index is 972. The van der Waals surface area contributed by atoms with E-state index in [0.717, 1.165) is 16.0 Å². The summed E-state index contributed by atoms with van der Waals surface area (Å²) in [6, 6.07) is 15.7. The lowest BCUT2D eigenvalue weighted by molar-refractivity contribution is -0.116. The molecule has 27 heavy (non-hydrogen) atoms. The van der Waals surface area contributed by atoms with Gasteiger partial charge in [0.15, 0.2) is 16.6 Å². The smallest absolute Gasteiger partial charge is 0.226 e. The third-order valence-electron chi connectivity index (χ3n) is 4.46. The first kappa shape index (κ1) is 17.4. The van der Waals surface area contributed by atoms with Gasteiger partial charge in [0.1, 0.15) is 12.4 Å². The van der Waals surface area contributed by atoms with Gasteiger partial charge in [0.05, 0.1) is 12.0 Å². The molecule has 0 spiro atoms. The second-order valence-corrected chi connectivity index (χ2v) is 7.32. The molecule has 1 atom stereocenters. The van der Waals surface area contributed by atoms with E-state index in [1.165, 1.54) is 11.3 Å². The summed E-state index contributed by atoms with van der Waals surface area (Å²) in [6.07, 6.45) is 0.349. The maximum atomic E-state index is 12.1. The predicted octanol–water partition coefficient (Wildman–Crippen LogP) is 3.79. The third kappa shape index (κ3) is 3.59. The van der Waals surface area contributed by atoms with E-state index in [9.17, 15) is 4.79 Å². The van der Waals surface area contributed by atoms with Crippen LogP contribution < -0.4 is 20.5 Å². The highest BCUT2D eigenvalue weighted by atomic mass is 32.1. The highest BCUT2D eigenvalue weighted by Crippen LogP contribution is 2.43. The number of amides is 1. The Balaban J connectivity index is 1.60. The number of carbonyl (C=O) groups is 1. The van der Waals surface area contributed by atoms with Crippen molar-refractivity contribution in [2.24, 2.45) is 0 Å². The summed E-state index contributed by atoms with van der Waals surface area (Å²) in [6.45, 7) is 0.456. The molecule has 2 aromatic carbocycles. The number of fused-ring (bicyclic) bond motifs is 1.